The Labute approximate surface area is 230 Å². The molecule has 5 aromatic rings. The van der Waals surface area contributed by atoms with E-state index in [2.05, 4.69) is 11.4 Å². The summed E-state index contributed by atoms with van der Waals surface area (Å²) in [5, 5.41) is 3.60. The van der Waals surface area contributed by atoms with Crippen molar-refractivity contribution in [3.05, 3.63) is 93.7 Å². The van der Waals surface area contributed by atoms with Crippen molar-refractivity contribution in [1.29, 1.82) is 0 Å². The lowest BCUT2D eigenvalue weighted by molar-refractivity contribution is 0.0988. The molecule has 8 heteroatoms. The number of amides is 2. The van der Waals surface area contributed by atoms with E-state index < -0.39 is 0 Å². The van der Waals surface area contributed by atoms with Crippen LogP contribution in [0.5, 0.6) is 0 Å². The number of hydrogen-bond donors (Lipinski definition) is 2. The number of fused-ring (bicyclic) bond motifs is 2. The van der Waals surface area contributed by atoms with E-state index in [0.29, 0.717) is 55.6 Å². The molecule has 3 aromatic heterocycles. The van der Waals surface area contributed by atoms with Crippen molar-refractivity contribution in [2.75, 3.05) is 22.5 Å². The number of nitrogen functional groups attached to an aromatic ring is 1. The summed E-state index contributed by atoms with van der Waals surface area (Å²) in [6, 6.07) is 17.4. The molecule has 4 heterocycles. The Kier molecular flexibility index (Phi) is 6.19. The first-order valence-electron chi connectivity index (χ1n) is 12.9. The van der Waals surface area contributed by atoms with E-state index in [-0.39, 0.29) is 11.8 Å². The molecule has 3 N–H and O–H groups in total. The maximum atomic E-state index is 13.9. The molecule has 0 saturated carbocycles. The lowest BCUT2D eigenvalue weighted by atomic mass is 9.98. The number of thiophene rings is 1. The number of rotatable bonds is 4. The zero-order chi connectivity index (χ0) is 27.3. The van der Waals surface area contributed by atoms with Gasteiger partial charge in [0.05, 0.1) is 23.2 Å². The third-order valence-electron chi connectivity index (χ3n) is 7.23. The molecule has 0 saturated heterocycles. The van der Waals surface area contributed by atoms with Crippen molar-refractivity contribution in [3.63, 3.8) is 0 Å². The Balaban J connectivity index is 1.50. The van der Waals surface area contributed by atoms with Gasteiger partial charge in [-0.1, -0.05) is 35.9 Å². The lowest BCUT2D eigenvalue weighted by Crippen LogP contribution is -2.35. The summed E-state index contributed by atoms with van der Waals surface area (Å²) in [6.45, 7) is 6.37. The number of hydrogen-bond acceptors (Lipinski definition) is 6. The average molecular weight is 537 g/mol. The molecule has 7 nitrogen and oxygen atoms in total. The third kappa shape index (κ3) is 4.27. The molecule has 1 aliphatic heterocycles. The summed E-state index contributed by atoms with van der Waals surface area (Å²) in [7, 11) is 0. The molecule has 0 bridgehead atoms. The monoisotopic (exact) mass is 536 g/mol. The van der Waals surface area contributed by atoms with Crippen molar-refractivity contribution in [1.82, 2.24) is 4.98 Å². The Bertz CT molecular complexity index is 1750. The number of aryl methyl sites for hydroxylation is 4. The number of furan rings is 1. The molecule has 0 spiro atoms. The summed E-state index contributed by atoms with van der Waals surface area (Å²) in [4.78, 5) is 35.2. The molecular formula is C31H28N4O3S. The van der Waals surface area contributed by atoms with Crippen LogP contribution in [0, 0.1) is 20.8 Å². The maximum Gasteiger partial charge on any atom is 0.270 e. The summed E-state index contributed by atoms with van der Waals surface area (Å²) in [6.07, 6.45) is 3.37. The molecule has 2 aromatic carbocycles. The fourth-order valence-electron chi connectivity index (χ4n) is 5.38. The number of para-hydroxylation sites is 1. The van der Waals surface area contributed by atoms with Crippen molar-refractivity contribution in [2.45, 2.75) is 33.6 Å². The number of carbonyl (C=O) groups excluding carboxylic acids is 2. The van der Waals surface area contributed by atoms with Gasteiger partial charge in [-0.05, 0) is 69.0 Å². The normalized spacial score (nSPS) is 12.9. The van der Waals surface area contributed by atoms with Gasteiger partial charge >= 0.3 is 0 Å². The van der Waals surface area contributed by atoms with Crippen molar-refractivity contribution in [3.8, 4) is 11.3 Å². The van der Waals surface area contributed by atoms with E-state index >= 15 is 0 Å². The number of carbonyl (C=O) groups is 2. The van der Waals surface area contributed by atoms with Gasteiger partial charge in [0.1, 0.15) is 15.5 Å². The minimum Gasteiger partial charge on any atom is -0.464 e. The summed E-state index contributed by atoms with van der Waals surface area (Å²) in [5.74, 6) is 0.0127. The SMILES string of the molecule is Cc1ccc(NC(=O)c2c(C)nc3sc(C(=O)N4CCCc5ccccc54)c(N)c3c2-c2ccco2)c(C)c1. The van der Waals surface area contributed by atoms with E-state index in [1.165, 1.54) is 11.3 Å². The van der Waals surface area contributed by atoms with Crippen LogP contribution in [0.25, 0.3) is 21.5 Å². The Morgan fingerprint density at radius 2 is 1.90 bits per heavy atom. The topological polar surface area (TPSA) is 101 Å². The van der Waals surface area contributed by atoms with Gasteiger partial charge < -0.3 is 20.4 Å². The van der Waals surface area contributed by atoms with Crippen LogP contribution >= 0.6 is 11.3 Å². The minimum absolute atomic E-state index is 0.160. The van der Waals surface area contributed by atoms with Crippen LogP contribution in [0.15, 0.2) is 65.3 Å². The molecule has 196 valence electrons. The zero-order valence-corrected chi connectivity index (χ0v) is 22.8. The summed E-state index contributed by atoms with van der Waals surface area (Å²) >= 11 is 1.25. The molecular weight excluding hydrogens is 508 g/mol. The first-order valence-corrected chi connectivity index (χ1v) is 13.7. The lowest BCUT2D eigenvalue weighted by Gasteiger charge is -2.29. The van der Waals surface area contributed by atoms with Crippen molar-refractivity contribution >= 4 is 50.4 Å². The molecule has 0 aliphatic carbocycles. The second kappa shape index (κ2) is 9.71. The van der Waals surface area contributed by atoms with Gasteiger partial charge in [0.25, 0.3) is 11.8 Å². The number of pyridine rings is 1. The van der Waals surface area contributed by atoms with Crippen LogP contribution in [0.4, 0.5) is 17.1 Å². The molecule has 0 unspecified atom stereocenters. The van der Waals surface area contributed by atoms with Gasteiger partial charge in [-0.3, -0.25) is 9.59 Å². The van der Waals surface area contributed by atoms with Crippen LogP contribution in [0.2, 0.25) is 0 Å². The van der Waals surface area contributed by atoms with Crippen molar-refractivity contribution < 1.29 is 14.0 Å². The third-order valence-corrected chi connectivity index (χ3v) is 8.32. The average Bonchev–Trinajstić information content (AvgIpc) is 3.57. The highest BCUT2D eigenvalue weighted by atomic mass is 32.1. The predicted octanol–water partition coefficient (Wildman–Crippen LogP) is 6.91. The Morgan fingerprint density at radius 1 is 1.08 bits per heavy atom. The van der Waals surface area contributed by atoms with Gasteiger partial charge in [-0.25, -0.2) is 4.98 Å². The smallest absolute Gasteiger partial charge is 0.270 e. The number of aromatic nitrogens is 1. The molecule has 39 heavy (non-hydrogen) atoms. The summed E-state index contributed by atoms with van der Waals surface area (Å²) < 4.78 is 5.80. The summed E-state index contributed by atoms with van der Waals surface area (Å²) in [5.41, 5.74) is 13.3. The van der Waals surface area contributed by atoms with E-state index in [1.807, 2.05) is 50.2 Å². The maximum absolute atomic E-state index is 13.9. The van der Waals surface area contributed by atoms with Gasteiger partial charge in [0.2, 0.25) is 0 Å². The molecule has 0 fully saturated rings. The zero-order valence-electron chi connectivity index (χ0n) is 22.0. The van der Waals surface area contributed by atoms with Crippen LogP contribution < -0.4 is 16.0 Å². The standard InChI is InChI=1S/C31H28N4O3S/c1-17-12-13-21(18(2)16-17)34-29(36)24-19(3)33-30-26(25(24)23-11-7-15-38-23)27(32)28(39-30)31(37)35-14-6-9-20-8-4-5-10-22(20)35/h4-5,7-8,10-13,15-16H,6,9,14,32H2,1-3H3,(H,34,36). The largest absolute Gasteiger partial charge is 0.464 e. The highest BCUT2D eigenvalue weighted by Gasteiger charge is 2.31. The fourth-order valence-corrected chi connectivity index (χ4v) is 6.48. The number of nitrogens with one attached hydrogen (secondary N) is 1. The number of nitrogens with zero attached hydrogens (tertiary/aromatic N) is 2. The van der Waals surface area contributed by atoms with Crippen LogP contribution in [-0.2, 0) is 6.42 Å². The number of nitrogens with two attached hydrogens (primary N) is 1. The van der Waals surface area contributed by atoms with Crippen molar-refractivity contribution in [2.24, 2.45) is 0 Å². The van der Waals surface area contributed by atoms with Crippen LogP contribution in [0.3, 0.4) is 0 Å². The molecule has 2 amide bonds. The molecule has 0 atom stereocenters. The molecule has 6 rings (SSSR count). The Morgan fingerprint density at radius 3 is 2.67 bits per heavy atom. The number of anilines is 3. The van der Waals surface area contributed by atoms with E-state index in [4.69, 9.17) is 15.1 Å². The van der Waals surface area contributed by atoms with Gasteiger partial charge in [-0.15, -0.1) is 11.3 Å². The second-order valence-corrected chi connectivity index (χ2v) is 10.9. The van der Waals surface area contributed by atoms with E-state index in [1.54, 1.807) is 30.2 Å². The molecule has 1 aliphatic rings. The Hall–Kier alpha value is -4.43. The highest BCUT2D eigenvalue weighted by molar-refractivity contribution is 7.21. The first-order chi connectivity index (χ1) is 18.8. The predicted molar refractivity (Wildman–Crippen MR) is 157 cm³/mol. The van der Waals surface area contributed by atoms with E-state index in [9.17, 15) is 9.59 Å². The highest BCUT2D eigenvalue weighted by Crippen LogP contribution is 2.43. The van der Waals surface area contributed by atoms with Crippen LogP contribution in [0.1, 0.15) is 48.8 Å². The van der Waals surface area contributed by atoms with Gasteiger partial charge in [-0.2, -0.15) is 0 Å². The van der Waals surface area contributed by atoms with Crippen LogP contribution in [-0.4, -0.2) is 23.3 Å². The molecule has 0 radical (unpaired) electrons. The quantitative estimate of drug-likeness (QED) is 0.260. The number of benzene rings is 2. The van der Waals surface area contributed by atoms with Gasteiger partial charge in [0, 0.05) is 28.9 Å². The van der Waals surface area contributed by atoms with E-state index in [0.717, 1.165) is 35.2 Å². The minimum atomic E-state index is -0.316. The second-order valence-electron chi connectivity index (χ2n) is 9.91. The first kappa shape index (κ1) is 24.9. The van der Waals surface area contributed by atoms with Gasteiger partial charge in [0.15, 0.2) is 0 Å². The fraction of sp³-hybridized carbons (Fsp3) is 0.194.